The van der Waals surface area contributed by atoms with Crippen LogP contribution < -0.4 is 0 Å². The smallest absolute Gasteiger partial charge is 0.318 e. The maximum Gasteiger partial charge on any atom is 0.318 e. The Balaban J connectivity index is 2.37. The van der Waals surface area contributed by atoms with Gasteiger partial charge in [0.2, 0.25) is 0 Å². The summed E-state index contributed by atoms with van der Waals surface area (Å²) >= 11 is 2.89. The summed E-state index contributed by atoms with van der Waals surface area (Å²) in [5.74, 6) is -4.02. The topological polar surface area (TPSA) is 104 Å². The van der Waals surface area contributed by atoms with Crippen molar-refractivity contribution in [2.75, 3.05) is 7.11 Å². The molecule has 0 amide bonds. The summed E-state index contributed by atoms with van der Waals surface area (Å²) in [6.07, 6.45) is 0. The van der Waals surface area contributed by atoms with Gasteiger partial charge in [0.1, 0.15) is 5.41 Å². The largest absolute Gasteiger partial charge is 0.469 e. The minimum Gasteiger partial charge on any atom is -0.469 e. The number of halogens is 1. The maximum atomic E-state index is 13.4. The van der Waals surface area contributed by atoms with E-state index >= 15 is 0 Å². The van der Waals surface area contributed by atoms with Crippen LogP contribution >= 0.6 is 15.9 Å². The van der Waals surface area contributed by atoms with Crippen LogP contribution in [0.3, 0.4) is 0 Å². The van der Waals surface area contributed by atoms with E-state index in [-0.39, 0.29) is 16.7 Å². The van der Waals surface area contributed by atoms with E-state index in [1.54, 1.807) is 30.3 Å². The molecule has 0 saturated carbocycles. The number of nitrogens with zero attached hydrogens (tertiary/aromatic N) is 1. The van der Waals surface area contributed by atoms with Crippen LogP contribution in [-0.4, -0.2) is 34.5 Å². The molecule has 2 atom stereocenters. The molecule has 0 N–H and O–H groups in total. The summed E-state index contributed by atoms with van der Waals surface area (Å²) in [5, 5.41) is 11.5. The number of methoxy groups -OCH3 is 1. The summed E-state index contributed by atoms with van der Waals surface area (Å²) in [6.45, 7) is 0. The van der Waals surface area contributed by atoms with Gasteiger partial charge in [-0.15, -0.1) is 0 Å². The maximum absolute atomic E-state index is 13.4. The number of Topliss-reactive ketones (excluding diaryl/α,β-unsaturated/α-hetero) is 2. The lowest BCUT2D eigenvalue weighted by Crippen LogP contribution is -2.54. The number of ketones is 2. The number of hydrogen-bond donors (Lipinski definition) is 0. The van der Waals surface area contributed by atoms with Gasteiger partial charge >= 0.3 is 5.97 Å². The quantitative estimate of drug-likeness (QED) is 0.180. The lowest BCUT2D eigenvalue weighted by molar-refractivity contribution is -0.500. The van der Waals surface area contributed by atoms with Gasteiger partial charge in [-0.05, 0) is 21.5 Å². The minimum absolute atomic E-state index is 0.128. The monoisotopic (exact) mass is 431 g/mol. The summed E-state index contributed by atoms with van der Waals surface area (Å²) in [5.41, 5.74) is -1.62. The Bertz CT molecular complexity index is 907. The van der Waals surface area contributed by atoms with Gasteiger partial charge in [-0.2, -0.15) is 0 Å². The first-order chi connectivity index (χ1) is 12.9. The first kappa shape index (κ1) is 18.9. The lowest BCUT2D eigenvalue weighted by Gasteiger charge is -2.32. The van der Waals surface area contributed by atoms with E-state index in [1.165, 1.54) is 24.3 Å². The Hall–Kier alpha value is -2.87. The zero-order chi connectivity index (χ0) is 19.8. The van der Waals surface area contributed by atoms with Crippen molar-refractivity contribution in [3.8, 4) is 0 Å². The van der Waals surface area contributed by atoms with Crippen molar-refractivity contribution >= 4 is 33.5 Å². The van der Waals surface area contributed by atoms with Crippen molar-refractivity contribution in [2.24, 2.45) is 5.92 Å². The fourth-order valence-electron chi connectivity index (χ4n) is 3.58. The summed E-state index contributed by atoms with van der Waals surface area (Å²) < 4.78 is 4.76. The molecule has 1 aliphatic carbocycles. The van der Waals surface area contributed by atoms with E-state index in [1.807, 2.05) is 0 Å². The second-order valence-corrected chi connectivity index (χ2v) is 6.97. The van der Waals surface area contributed by atoms with Crippen molar-refractivity contribution in [3.63, 3.8) is 0 Å². The summed E-state index contributed by atoms with van der Waals surface area (Å²) in [4.78, 5) is 48.5. The molecule has 0 aromatic heterocycles. The Kier molecular flexibility index (Phi) is 4.93. The number of carbonyl (C=O) groups is 3. The number of esters is 1. The number of carbonyl (C=O) groups excluding carboxylic acids is 3. The molecule has 7 nitrogen and oxygen atoms in total. The standard InChI is InChI=1S/C19H14BrNO6/c1-27-18(24)14(17(20)21(25)26)19(11-7-3-2-4-8-11)15(22)12-9-5-6-10-13(12)16(19)23/h2-10,14,17H,1H3. The predicted octanol–water partition coefficient (Wildman–Crippen LogP) is 2.79. The molecule has 138 valence electrons. The first-order valence-corrected chi connectivity index (χ1v) is 8.88. The highest BCUT2D eigenvalue weighted by atomic mass is 79.9. The first-order valence-electron chi connectivity index (χ1n) is 7.97. The fraction of sp³-hybridized carbons (Fsp3) is 0.211. The molecule has 0 heterocycles. The summed E-state index contributed by atoms with van der Waals surface area (Å²) in [7, 11) is 1.06. The summed E-state index contributed by atoms with van der Waals surface area (Å²) in [6, 6.07) is 14.0. The van der Waals surface area contributed by atoms with Gasteiger partial charge in [0.15, 0.2) is 17.5 Å². The van der Waals surface area contributed by atoms with Gasteiger partial charge in [-0.25, -0.2) is 0 Å². The van der Waals surface area contributed by atoms with Crippen LogP contribution in [0.4, 0.5) is 0 Å². The van der Waals surface area contributed by atoms with Gasteiger partial charge in [0, 0.05) is 16.1 Å². The number of benzene rings is 2. The van der Waals surface area contributed by atoms with Crippen molar-refractivity contribution in [2.45, 2.75) is 10.4 Å². The Morgan fingerprint density at radius 2 is 1.52 bits per heavy atom. The number of nitro groups is 1. The molecule has 2 unspecified atom stereocenters. The number of ether oxygens (including phenoxy) is 1. The minimum atomic E-state index is -2.08. The second kappa shape index (κ2) is 7.03. The highest BCUT2D eigenvalue weighted by Gasteiger charge is 2.65. The van der Waals surface area contributed by atoms with Gasteiger partial charge in [-0.1, -0.05) is 54.6 Å². The molecule has 27 heavy (non-hydrogen) atoms. The van der Waals surface area contributed by atoms with Crippen LogP contribution in [0.25, 0.3) is 0 Å². The van der Waals surface area contributed by atoms with E-state index in [0.717, 1.165) is 7.11 Å². The molecule has 8 heteroatoms. The van der Waals surface area contributed by atoms with Gasteiger partial charge in [-0.3, -0.25) is 24.5 Å². The van der Waals surface area contributed by atoms with Crippen LogP contribution in [0.2, 0.25) is 0 Å². The molecular weight excluding hydrogens is 418 g/mol. The van der Waals surface area contributed by atoms with E-state index in [0.29, 0.717) is 0 Å². The Morgan fingerprint density at radius 1 is 1.04 bits per heavy atom. The van der Waals surface area contributed by atoms with E-state index in [4.69, 9.17) is 4.74 Å². The molecule has 2 aromatic carbocycles. The zero-order valence-electron chi connectivity index (χ0n) is 14.1. The average Bonchev–Trinajstić information content (AvgIpc) is 2.91. The SMILES string of the molecule is COC(=O)C(C(Br)[N+](=O)[O-])C1(c2ccccc2)C(=O)c2ccccc2C1=O. The molecule has 0 spiro atoms. The number of hydrogen-bond acceptors (Lipinski definition) is 6. The van der Waals surface area contributed by atoms with Crippen LogP contribution in [0.1, 0.15) is 26.3 Å². The molecule has 2 aromatic rings. The average molecular weight is 432 g/mol. The molecule has 0 saturated heterocycles. The number of rotatable bonds is 5. The van der Waals surface area contributed by atoms with Gasteiger partial charge < -0.3 is 4.74 Å². The molecule has 0 radical (unpaired) electrons. The van der Waals surface area contributed by atoms with Crippen molar-refractivity contribution in [1.29, 1.82) is 0 Å². The van der Waals surface area contributed by atoms with Crippen molar-refractivity contribution in [3.05, 3.63) is 81.4 Å². The van der Waals surface area contributed by atoms with Gasteiger partial charge in [0.05, 0.1) is 7.11 Å². The van der Waals surface area contributed by atoms with Crippen LogP contribution in [0.5, 0.6) is 0 Å². The van der Waals surface area contributed by atoms with E-state index < -0.39 is 38.7 Å². The van der Waals surface area contributed by atoms with Crippen LogP contribution in [-0.2, 0) is 14.9 Å². The third-order valence-corrected chi connectivity index (χ3v) is 5.62. The number of fused-ring (bicyclic) bond motifs is 1. The highest BCUT2D eigenvalue weighted by Crippen LogP contribution is 2.48. The van der Waals surface area contributed by atoms with Gasteiger partial charge in [0.25, 0.3) is 4.95 Å². The Morgan fingerprint density at radius 3 is 1.96 bits per heavy atom. The molecule has 0 fully saturated rings. The molecule has 0 aliphatic heterocycles. The highest BCUT2D eigenvalue weighted by molar-refractivity contribution is 9.09. The second-order valence-electron chi connectivity index (χ2n) is 6.04. The molecule has 1 aliphatic rings. The van der Waals surface area contributed by atoms with Crippen LogP contribution in [0.15, 0.2) is 54.6 Å². The zero-order valence-corrected chi connectivity index (χ0v) is 15.7. The van der Waals surface area contributed by atoms with E-state index in [2.05, 4.69) is 15.9 Å². The van der Waals surface area contributed by atoms with Crippen LogP contribution in [0, 0.1) is 16.0 Å². The third-order valence-electron chi connectivity index (χ3n) is 4.76. The molecule has 0 bridgehead atoms. The van der Waals surface area contributed by atoms with Crippen molar-refractivity contribution in [1.82, 2.24) is 0 Å². The Labute approximate surface area is 162 Å². The van der Waals surface area contributed by atoms with Crippen molar-refractivity contribution < 1.29 is 24.0 Å². The normalized spacial score (nSPS) is 17.1. The number of alkyl halides is 1. The fourth-order valence-corrected chi connectivity index (χ4v) is 4.19. The third kappa shape index (κ3) is 2.68. The van der Waals surface area contributed by atoms with E-state index in [9.17, 15) is 24.5 Å². The molecule has 3 rings (SSSR count). The predicted molar refractivity (Wildman–Crippen MR) is 98.4 cm³/mol. The lowest BCUT2D eigenvalue weighted by atomic mass is 9.66. The molecular formula is C19H14BrNO6.